The number of carbonyl (C=O) groups excluding carboxylic acids is 1. The molecule has 7 heteroatoms. The van der Waals surface area contributed by atoms with E-state index in [1.165, 1.54) is 17.8 Å². The van der Waals surface area contributed by atoms with E-state index in [1.807, 2.05) is 9.95 Å². The highest BCUT2D eigenvalue weighted by atomic mass is 32.1. The lowest BCUT2D eigenvalue weighted by molar-refractivity contribution is 0.102. The number of aryl methyl sites for hydroxylation is 1. The second-order valence-electron chi connectivity index (χ2n) is 8.62. The molecule has 1 N–H and O–H groups in total. The molecule has 0 saturated carbocycles. The van der Waals surface area contributed by atoms with Crippen LogP contribution in [0.2, 0.25) is 0 Å². The Labute approximate surface area is 174 Å². The van der Waals surface area contributed by atoms with Crippen LogP contribution in [0.5, 0.6) is 0 Å². The zero-order valence-electron chi connectivity index (χ0n) is 17.1. The molecule has 1 aromatic carbocycles. The number of benzene rings is 1. The van der Waals surface area contributed by atoms with Gasteiger partial charge in [-0.05, 0) is 31.0 Å². The first-order valence-corrected chi connectivity index (χ1v) is 11.0. The highest BCUT2D eigenvalue weighted by Crippen LogP contribution is 2.26. The highest BCUT2D eigenvalue weighted by molar-refractivity contribution is 7.14. The third-order valence-corrected chi connectivity index (χ3v) is 6.08. The summed E-state index contributed by atoms with van der Waals surface area (Å²) in [6, 6.07) is 5.12. The fourth-order valence-corrected chi connectivity index (χ4v) is 4.51. The second kappa shape index (κ2) is 7.71. The third-order valence-electron chi connectivity index (χ3n) is 5.32. The van der Waals surface area contributed by atoms with Gasteiger partial charge >= 0.3 is 0 Å². The summed E-state index contributed by atoms with van der Waals surface area (Å²) >= 11 is 1.42. The number of anilines is 1. The van der Waals surface area contributed by atoms with Gasteiger partial charge in [-0.2, -0.15) is 0 Å². The standard InChI is InChI=1S/C22H26N4O2S/c1-22(2,3)17-13-29-21(24-17)25-19(27)14-9-10-15-16(12-14)23-18-8-6-4-5-7-11-26(18)20(15)28/h9-10,12-13H,4-8,11H2,1-3H3,(H,24,25,27). The quantitative estimate of drug-likeness (QED) is 0.674. The van der Waals surface area contributed by atoms with Crippen LogP contribution in [0.3, 0.4) is 0 Å². The SMILES string of the molecule is CC(C)(C)c1csc(NC(=O)c2ccc3c(=O)n4c(nc3c2)CCCCCC4)n1. The molecule has 1 amide bonds. The van der Waals surface area contributed by atoms with E-state index in [2.05, 4.69) is 31.1 Å². The van der Waals surface area contributed by atoms with Crippen molar-refractivity contribution in [2.45, 2.75) is 64.8 Å². The molecule has 6 nitrogen and oxygen atoms in total. The maximum Gasteiger partial charge on any atom is 0.261 e. The van der Waals surface area contributed by atoms with Crippen LogP contribution < -0.4 is 10.9 Å². The number of hydrogen-bond acceptors (Lipinski definition) is 5. The summed E-state index contributed by atoms with van der Waals surface area (Å²) in [5.74, 6) is 0.588. The molecule has 0 saturated heterocycles. The lowest BCUT2D eigenvalue weighted by Gasteiger charge is -2.16. The van der Waals surface area contributed by atoms with E-state index < -0.39 is 0 Å². The van der Waals surface area contributed by atoms with E-state index in [0.29, 0.717) is 21.6 Å². The Hall–Kier alpha value is -2.54. The molecule has 0 aliphatic carbocycles. The molecule has 3 heterocycles. The Morgan fingerprint density at radius 1 is 1.14 bits per heavy atom. The van der Waals surface area contributed by atoms with Gasteiger partial charge in [0.25, 0.3) is 11.5 Å². The number of hydrogen-bond donors (Lipinski definition) is 1. The van der Waals surface area contributed by atoms with Crippen LogP contribution in [0, 0.1) is 0 Å². The van der Waals surface area contributed by atoms with E-state index in [9.17, 15) is 9.59 Å². The molecule has 3 aromatic rings. The maximum absolute atomic E-state index is 12.9. The normalized spacial score (nSPS) is 14.9. The van der Waals surface area contributed by atoms with Crippen LogP contribution in [0.4, 0.5) is 5.13 Å². The molecule has 29 heavy (non-hydrogen) atoms. The van der Waals surface area contributed by atoms with Crippen molar-refractivity contribution in [1.82, 2.24) is 14.5 Å². The lowest BCUT2D eigenvalue weighted by atomic mass is 9.93. The largest absolute Gasteiger partial charge is 0.298 e. The monoisotopic (exact) mass is 410 g/mol. The van der Waals surface area contributed by atoms with Crippen LogP contribution in [0.1, 0.15) is 68.3 Å². The number of nitrogens with one attached hydrogen (secondary N) is 1. The van der Waals surface area contributed by atoms with E-state index in [1.54, 1.807) is 18.2 Å². The summed E-state index contributed by atoms with van der Waals surface area (Å²) < 4.78 is 1.81. The van der Waals surface area contributed by atoms with Crippen molar-refractivity contribution >= 4 is 33.3 Å². The van der Waals surface area contributed by atoms with Crippen LogP contribution >= 0.6 is 11.3 Å². The number of rotatable bonds is 2. The summed E-state index contributed by atoms with van der Waals surface area (Å²) in [6.45, 7) is 6.99. The summed E-state index contributed by atoms with van der Waals surface area (Å²) in [4.78, 5) is 34.9. The molecule has 0 unspecified atom stereocenters. The molecule has 0 atom stereocenters. The Balaban J connectivity index is 1.64. The van der Waals surface area contributed by atoms with E-state index in [4.69, 9.17) is 4.98 Å². The average molecular weight is 411 g/mol. The zero-order valence-corrected chi connectivity index (χ0v) is 17.9. The van der Waals surface area contributed by atoms with Crippen molar-refractivity contribution in [2.24, 2.45) is 0 Å². The Bertz CT molecular complexity index is 1120. The first-order valence-electron chi connectivity index (χ1n) is 10.1. The smallest absolute Gasteiger partial charge is 0.261 e. The van der Waals surface area contributed by atoms with E-state index >= 15 is 0 Å². The molecular weight excluding hydrogens is 384 g/mol. The number of aromatic nitrogens is 3. The van der Waals surface area contributed by atoms with Crippen molar-refractivity contribution in [1.29, 1.82) is 0 Å². The molecule has 0 bridgehead atoms. The molecule has 0 fully saturated rings. The predicted octanol–water partition coefficient (Wildman–Crippen LogP) is 4.52. The highest BCUT2D eigenvalue weighted by Gasteiger charge is 2.19. The van der Waals surface area contributed by atoms with Gasteiger partial charge in [0, 0.05) is 29.3 Å². The van der Waals surface area contributed by atoms with Crippen LogP contribution in [-0.4, -0.2) is 20.4 Å². The van der Waals surface area contributed by atoms with Gasteiger partial charge in [0.05, 0.1) is 16.6 Å². The van der Waals surface area contributed by atoms with Crippen LogP contribution in [0.25, 0.3) is 10.9 Å². The summed E-state index contributed by atoms with van der Waals surface area (Å²) in [5, 5.41) is 5.98. The molecule has 2 aromatic heterocycles. The fourth-order valence-electron chi connectivity index (χ4n) is 3.58. The van der Waals surface area contributed by atoms with E-state index in [0.717, 1.165) is 43.7 Å². The van der Waals surface area contributed by atoms with Gasteiger partial charge in [-0.15, -0.1) is 11.3 Å². The molecular formula is C22H26N4O2S. The van der Waals surface area contributed by atoms with Crippen molar-refractivity contribution in [2.75, 3.05) is 5.32 Å². The summed E-state index contributed by atoms with van der Waals surface area (Å²) in [6.07, 6.45) is 5.16. The van der Waals surface area contributed by atoms with E-state index in [-0.39, 0.29) is 16.9 Å². The Morgan fingerprint density at radius 3 is 2.69 bits per heavy atom. The Kier molecular flexibility index (Phi) is 5.25. The number of fused-ring (bicyclic) bond motifs is 2. The summed E-state index contributed by atoms with van der Waals surface area (Å²) in [5.41, 5.74) is 1.94. The number of amides is 1. The predicted molar refractivity (Wildman–Crippen MR) is 117 cm³/mol. The average Bonchev–Trinajstić information content (AvgIpc) is 3.12. The van der Waals surface area contributed by atoms with Gasteiger partial charge in [0.2, 0.25) is 0 Å². The fraction of sp³-hybridized carbons (Fsp3) is 0.455. The van der Waals surface area contributed by atoms with Gasteiger partial charge in [-0.3, -0.25) is 19.5 Å². The molecule has 1 aliphatic heterocycles. The van der Waals surface area contributed by atoms with Crippen LogP contribution in [0.15, 0.2) is 28.4 Å². The lowest BCUT2D eigenvalue weighted by Crippen LogP contribution is -2.26. The number of nitrogens with zero attached hydrogens (tertiary/aromatic N) is 3. The van der Waals surface area contributed by atoms with Crippen molar-refractivity contribution in [3.05, 3.63) is 51.0 Å². The minimum atomic E-state index is -0.240. The molecule has 152 valence electrons. The first-order chi connectivity index (χ1) is 13.8. The first kappa shape index (κ1) is 19.8. The van der Waals surface area contributed by atoms with Crippen LogP contribution in [-0.2, 0) is 18.4 Å². The minimum Gasteiger partial charge on any atom is -0.298 e. The maximum atomic E-state index is 12.9. The van der Waals surface area contributed by atoms with Gasteiger partial charge in [-0.1, -0.05) is 33.6 Å². The van der Waals surface area contributed by atoms with Gasteiger partial charge in [0.1, 0.15) is 5.82 Å². The van der Waals surface area contributed by atoms with Gasteiger partial charge < -0.3 is 0 Å². The molecule has 1 aliphatic rings. The van der Waals surface area contributed by atoms with Crippen molar-refractivity contribution in [3.8, 4) is 0 Å². The minimum absolute atomic E-state index is 0.00593. The van der Waals surface area contributed by atoms with Gasteiger partial charge in [-0.25, -0.2) is 9.97 Å². The molecule has 0 radical (unpaired) electrons. The topological polar surface area (TPSA) is 76.9 Å². The molecule has 4 rings (SSSR count). The third kappa shape index (κ3) is 4.10. The molecule has 0 spiro atoms. The Morgan fingerprint density at radius 2 is 1.93 bits per heavy atom. The second-order valence-corrected chi connectivity index (χ2v) is 9.48. The van der Waals surface area contributed by atoms with Gasteiger partial charge in [0.15, 0.2) is 5.13 Å². The van der Waals surface area contributed by atoms with Crippen molar-refractivity contribution in [3.63, 3.8) is 0 Å². The van der Waals surface area contributed by atoms with Crippen molar-refractivity contribution < 1.29 is 4.79 Å². The summed E-state index contributed by atoms with van der Waals surface area (Å²) in [7, 11) is 0. The number of carbonyl (C=O) groups is 1. The zero-order chi connectivity index (χ0) is 20.6. The number of thiazole rings is 1.